The third-order valence-electron chi connectivity index (χ3n) is 3.00. The number of rotatable bonds is 1. The molecule has 2 rings (SSSR count). The van der Waals surface area contributed by atoms with E-state index in [2.05, 4.69) is 6.07 Å². The molecule has 0 radical (unpaired) electrons. The van der Waals surface area contributed by atoms with Crippen LogP contribution in [0.2, 0.25) is 0 Å². The summed E-state index contributed by atoms with van der Waals surface area (Å²) in [4.78, 5) is 0. The van der Waals surface area contributed by atoms with Crippen molar-refractivity contribution in [2.75, 3.05) is 7.11 Å². The van der Waals surface area contributed by atoms with E-state index in [-0.39, 0.29) is 0 Å². The zero-order valence-electron chi connectivity index (χ0n) is 8.79. The highest BCUT2D eigenvalue weighted by Gasteiger charge is 2.31. The summed E-state index contributed by atoms with van der Waals surface area (Å²) < 4.78 is 5.29. The molecule has 3 heteroatoms. The molecule has 0 saturated carbocycles. The molecule has 1 atom stereocenters. The van der Waals surface area contributed by atoms with Gasteiger partial charge in [-0.1, -0.05) is 12.1 Å². The van der Waals surface area contributed by atoms with Crippen LogP contribution in [0.3, 0.4) is 0 Å². The Morgan fingerprint density at radius 2 is 2.33 bits per heavy atom. The van der Waals surface area contributed by atoms with Gasteiger partial charge in [0, 0.05) is 6.42 Å². The predicted octanol–water partition coefficient (Wildman–Crippen LogP) is 1.40. The van der Waals surface area contributed by atoms with Crippen LogP contribution in [0, 0.1) is 11.3 Å². The van der Waals surface area contributed by atoms with Crippen LogP contribution in [-0.4, -0.2) is 12.6 Å². The molecule has 1 aromatic carbocycles. The van der Waals surface area contributed by atoms with E-state index >= 15 is 0 Å². The number of benzene rings is 1. The van der Waals surface area contributed by atoms with Crippen molar-refractivity contribution in [3.8, 4) is 11.8 Å². The number of hydrogen-bond acceptors (Lipinski definition) is 3. The van der Waals surface area contributed by atoms with Crippen LogP contribution in [0.5, 0.6) is 5.75 Å². The Labute approximate surface area is 89.5 Å². The first-order chi connectivity index (χ1) is 7.18. The number of nitrogens with zero attached hydrogens (tertiary/aromatic N) is 1. The lowest BCUT2D eigenvalue weighted by Crippen LogP contribution is -2.43. The van der Waals surface area contributed by atoms with Gasteiger partial charge in [-0.3, -0.25) is 0 Å². The molecule has 0 bridgehead atoms. The normalized spacial score (nSPS) is 24.1. The topological polar surface area (TPSA) is 59.0 Å². The van der Waals surface area contributed by atoms with Gasteiger partial charge in [0.25, 0.3) is 0 Å². The lowest BCUT2D eigenvalue weighted by Gasteiger charge is -2.29. The summed E-state index contributed by atoms with van der Waals surface area (Å²) in [6.07, 6.45) is 2.15. The molecule has 0 saturated heterocycles. The maximum Gasteiger partial charge on any atom is 0.122 e. The van der Waals surface area contributed by atoms with Gasteiger partial charge < -0.3 is 10.5 Å². The smallest absolute Gasteiger partial charge is 0.122 e. The molecular formula is C12H14N2O. The Hall–Kier alpha value is -1.53. The van der Waals surface area contributed by atoms with Gasteiger partial charge in [-0.15, -0.1) is 0 Å². The summed E-state index contributed by atoms with van der Waals surface area (Å²) in [5.74, 6) is 0.910. The SMILES string of the molecule is COc1cccc2c1CCC(N)(C#N)C2. The third kappa shape index (κ3) is 1.69. The molecule has 0 fully saturated rings. The van der Waals surface area contributed by atoms with Gasteiger partial charge in [0.2, 0.25) is 0 Å². The molecule has 0 amide bonds. The third-order valence-corrected chi connectivity index (χ3v) is 3.00. The molecule has 78 valence electrons. The minimum Gasteiger partial charge on any atom is -0.496 e. The molecule has 1 unspecified atom stereocenters. The summed E-state index contributed by atoms with van der Waals surface area (Å²) in [6.45, 7) is 0. The lowest BCUT2D eigenvalue weighted by atomic mass is 9.79. The van der Waals surface area contributed by atoms with Crippen molar-refractivity contribution in [1.29, 1.82) is 5.26 Å². The molecule has 2 N–H and O–H groups in total. The van der Waals surface area contributed by atoms with Gasteiger partial charge in [0.05, 0.1) is 13.2 Å². The summed E-state index contributed by atoms with van der Waals surface area (Å²) >= 11 is 0. The minimum absolute atomic E-state index is 0.621. The van der Waals surface area contributed by atoms with Gasteiger partial charge in [-0.2, -0.15) is 5.26 Å². The molecule has 0 aromatic heterocycles. The number of nitrogens with two attached hydrogens (primary N) is 1. The number of fused-ring (bicyclic) bond motifs is 1. The van der Waals surface area contributed by atoms with Crippen molar-refractivity contribution >= 4 is 0 Å². The highest BCUT2D eigenvalue weighted by molar-refractivity contribution is 5.44. The molecule has 1 aliphatic rings. The monoisotopic (exact) mass is 202 g/mol. The highest BCUT2D eigenvalue weighted by atomic mass is 16.5. The summed E-state index contributed by atoms with van der Waals surface area (Å²) in [7, 11) is 1.67. The first-order valence-electron chi connectivity index (χ1n) is 5.03. The Balaban J connectivity index is 2.41. The minimum atomic E-state index is -0.695. The zero-order valence-corrected chi connectivity index (χ0v) is 8.79. The lowest BCUT2D eigenvalue weighted by molar-refractivity contribution is 0.396. The Morgan fingerprint density at radius 3 is 3.00 bits per heavy atom. The average molecular weight is 202 g/mol. The zero-order chi connectivity index (χ0) is 10.9. The molecule has 1 aromatic rings. The average Bonchev–Trinajstić information content (AvgIpc) is 2.28. The fourth-order valence-corrected chi connectivity index (χ4v) is 2.12. The summed E-state index contributed by atoms with van der Waals surface area (Å²) in [5, 5.41) is 9.00. The van der Waals surface area contributed by atoms with Crippen molar-refractivity contribution in [2.24, 2.45) is 5.73 Å². The van der Waals surface area contributed by atoms with Crippen LogP contribution in [-0.2, 0) is 12.8 Å². The second kappa shape index (κ2) is 3.56. The summed E-state index contributed by atoms with van der Waals surface area (Å²) in [6, 6.07) is 8.12. The van der Waals surface area contributed by atoms with E-state index in [1.807, 2.05) is 18.2 Å². The van der Waals surface area contributed by atoms with E-state index in [4.69, 9.17) is 15.7 Å². The standard InChI is InChI=1S/C12H14N2O/c1-15-11-4-2-3-9-7-12(14,8-13)6-5-10(9)11/h2-4H,5-7,14H2,1H3. The van der Waals surface area contributed by atoms with Gasteiger partial charge in [-0.25, -0.2) is 0 Å². The Kier molecular flexibility index (Phi) is 2.37. The van der Waals surface area contributed by atoms with Crippen molar-refractivity contribution < 1.29 is 4.74 Å². The van der Waals surface area contributed by atoms with Gasteiger partial charge in [0.1, 0.15) is 11.3 Å². The van der Waals surface area contributed by atoms with E-state index in [0.717, 1.165) is 17.7 Å². The quantitative estimate of drug-likeness (QED) is 0.749. The fraction of sp³-hybridized carbons (Fsp3) is 0.417. The number of hydrogen-bond donors (Lipinski definition) is 1. The first-order valence-corrected chi connectivity index (χ1v) is 5.03. The molecule has 3 nitrogen and oxygen atoms in total. The van der Waals surface area contributed by atoms with Crippen LogP contribution in [0.1, 0.15) is 17.5 Å². The molecule has 0 spiro atoms. The van der Waals surface area contributed by atoms with Crippen LogP contribution in [0.15, 0.2) is 18.2 Å². The van der Waals surface area contributed by atoms with Crippen LogP contribution in [0.25, 0.3) is 0 Å². The van der Waals surface area contributed by atoms with Gasteiger partial charge in [-0.05, 0) is 30.0 Å². The fourth-order valence-electron chi connectivity index (χ4n) is 2.12. The number of methoxy groups -OCH3 is 1. The molecule has 0 heterocycles. The molecule has 0 aliphatic heterocycles. The van der Waals surface area contributed by atoms with E-state index < -0.39 is 5.54 Å². The van der Waals surface area contributed by atoms with Crippen LogP contribution < -0.4 is 10.5 Å². The van der Waals surface area contributed by atoms with E-state index in [9.17, 15) is 0 Å². The maximum atomic E-state index is 9.00. The predicted molar refractivity (Wildman–Crippen MR) is 57.6 cm³/mol. The Morgan fingerprint density at radius 1 is 1.53 bits per heavy atom. The highest BCUT2D eigenvalue weighted by Crippen LogP contribution is 2.32. The maximum absolute atomic E-state index is 9.00. The number of nitriles is 1. The van der Waals surface area contributed by atoms with Gasteiger partial charge >= 0.3 is 0 Å². The van der Waals surface area contributed by atoms with Gasteiger partial charge in [0.15, 0.2) is 0 Å². The number of ether oxygens (including phenoxy) is 1. The summed E-state index contributed by atoms with van der Waals surface area (Å²) in [5.41, 5.74) is 7.62. The first kappa shape index (κ1) is 10.0. The van der Waals surface area contributed by atoms with E-state index in [1.165, 1.54) is 5.56 Å². The Bertz CT molecular complexity index is 422. The molecular weight excluding hydrogens is 188 g/mol. The molecule has 15 heavy (non-hydrogen) atoms. The van der Waals surface area contributed by atoms with E-state index in [0.29, 0.717) is 12.8 Å². The van der Waals surface area contributed by atoms with Crippen LogP contribution >= 0.6 is 0 Å². The second-order valence-corrected chi connectivity index (χ2v) is 4.04. The van der Waals surface area contributed by atoms with E-state index in [1.54, 1.807) is 7.11 Å². The van der Waals surface area contributed by atoms with Crippen LogP contribution in [0.4, 0.5) is 0 Å². The van der Waals surface area contributed by atoms with Crippen molar-refractivity contribution in [2.45, 2.75) is 24.8 Å². The largest absolute Gasteiger partial charge is 0.496 e. The van der Waals surface area contributed by atoms with Crippen molar-refractivity contribution in [1.82, 2.24) is 0 Å². The van der Waals surface area contributed by atoms with Crippen molar-refractivity contribution in [3.05, 3.63) is 29.3 Å². The van der Waals surface area contributed by atoms with Crippen molar-refractivity contribution in [3.63, 3.8) is 0 Å². The second-order valence-electron chi connectivity index (χ2n) is 4.04. The molecule has 1 aliphatic carbocycles.